The van der Waals surface area contributed by atoms with Gasteiger partial charge in [0.25, 0.3) is 0 Å². The van der Waals surface area contributed by atoms with Crippen LogP contribution in [0.15, 0.2) is 24.3 Å². The van der Waals surface area contributed by atoms with Gasteiger partial charge in [-0.25, -0.2) is 0 Å². The van der Waals surface area contributed by atoms with Crippen molar-refractivity contribution in [3.63, 3.8) is 0 Å². The Kier molecular flexibility index (Phi) is 82.9. The second-order valence-corrected chi connectivity index (χ2v) is 28.8. The van der Waals surface area contributed by atoms with Gasteiger partial charge in [-0.15, -0.1) is 0 Å². The molecule has 0 saturated heterocycles. The predicted molar refractivity (Wildman–Crippen MR) is 409 cm³/mol. The van der Waals surface area contributed by atoms with Crippen molar-refractivity contribution in [1.82, 2.24) is 0 Å². The maximum absolute atomic E-state index is 6.69. The highest BCUT2D eigenvalue weighted by Crippen LogP contribution is 2.21. The molecule has 0 fully saturated rings. The van der Waals surface area contributed by atoms with E-state index in [9.17, 15) is 0 Å². The molecule has 93 heavy (non-hydrogen) atoms. The molecule has 0 aliphatic heterocycles. The summed E-state index contributed by atoms with van der Waals surface area (Å²) in [7, 11) is 0. The Bertz CT molecular complexity index is 1230. The summed E-state index contributed by atoms with van der Waals surface area (Å²) in [6.07, 6.45) is 93.9. The molecular formula is C86H170O7. The summed E-state index contributed by atoms with van der Waals surface area (Å²) in [6, 6.07) is 0. The van der Waals surface area contributed by atoms with Crippen LogP contribution in [0.5, 0.6) is 0 Å². The second kappa shape index (κ2) is 83.6. The number of unbranched alkanes of at least 4 members (excludes halogenated alkanes) is 56. The SMILES string of the molecule is CCCCCCCCCCOC(CCCCCCCCCCCC=CC(OCCCCCCCC)OC(C=CCCCCCCCCCCCC(OCCCCCCCCCC)OCCCCCCCCCC)OCCCCCCCC)OCCCCCCCCCC. The van der Waals surface area contributed by atoms with Crippen molar-refractivity contribution in [2.24, 2.45) is 0 Å². The highest BCUT2D eigenvalue weighted by Gasteiger charge is 2.15. The monoisotopic (exact) mass is 1320 g/mol. The third-order valence-electron chi connectivity index (χ3n) is 19.2. The third-order valence-corrected chi connectivity index (χ3v) is 19.2. The Hall–Kier alpha value is -0.800. The number of hydrogen-bond acceptors (Lipinski definition) is 7. The van der Waals surface area contributed by atoms with Gasteiger partial charge in [-0.1, -0.05) is 388 Å². The fraction of sp³-hybridized carbons (Fsp3) is 0.953. The molecule has 0 bridgehead atoms. The van der Waals surface area contributed by atoms with Crippen LogP contribution >= 0.6 is 0 Å². The van der Waals surface area contributed by atoms with Crippen LogP contribution < -0.4 is 0 Å². The largest absolute Gasteiger partial charge is 0.353 e. The normalized spacial score (nSPS) is 12.8. The minimum atomic E-state index is -0.379. The van der Waals surface area contributed by atoms with Crippen LogP contribution in [0, 0.1) is 0 Å². The van der Waals surface area contributed by atoms with Gasteiger partial charge in [0.1, 0.15) is 0 Å². The topological polar surface area (TPSA) is 64.6 Å². The Labute approximate surface area is 584 Å². The van der Waals surface area contributed by atoms with Crippen LogP contribution in [0.25, 0.3) is 0 Å². The first-order chi connectivity index (χ1) is 46.1. The van der Waals surface area contributed by atoms with Crippen LogP contribution in [0.3, 0.4) is 0 Å². The molecule has 0 rings (SSSR count). The Balaban J connectivity index is 4.95. The standard InChI is InChI=1S/C86H170O7/c1-7-13-19-25-31-49-59-67-77-87-83(88-78-68-60-50-32-26-20-14-8-2)73-63-53-45-41-37-35-39-43-47-55-65-75-85(91-81-71-57-29-23-17-11-5)93-86(92-82-72-58-30-24-18-12-6)76-66-56-48-44-40-36-38-42-46-54-64-74-84(89-79-69-61-51-33-27-21-15-9-3)90-80-70-62-52-34-28-22-16-10-4/h65-66,75-76,83-86H,7-64,67-74,77-82H2,1-6H3. The molecule has 556 valence electrons. The van der Waals surface area contributed by atoms with E-state index >= 15 is 0 Å². The minimum Gasteiger partial charge on any atom is -0.353 e. The fourth-order valence-electron chi connectivity index (χ4n) is 12.8. The lowest BCUT2D eigenvalue weighted by atomic mass is 10.1. The van der Waals surface area contributed by atoms with Crippen molar-refractivity contribution in [2.75, 3.05) is 39.6 Å². The zero-order chi connectivity index (χ0) is 67.0. The molecule has 2 atom stereocenters. The van der Waals surface area contributed by atoms with Gasteiger partial charge in [-0.05, 0) is 102 Å². The minimum absolute atomic E-state index is 0.00888. The van der Waals surface area contributed by atoms with Gasteiger partial charge in [0, 0.05) is 26.4 Å². The van der Waals surface area contributed by atoms with Crippen molar-refractivity contribution >= 4 is 0 Å². The molecule has 0 radical (unpaired) electrons. The van der Waals surface area contributed by atoms with Crippen molar-refractivity contribution < 1.29 is 33.2 Å². The predicted octanol–water partition coefficient (Wildman–Crippen LogP) is 29.4. The zero-order valence-electron chi connectivity index (χ0n) is 64.4. The molecule has 0 saturated carbocycles. The van der Waals surface area contributed by atoms with Gasteiger partial charge in [-0.2, -0.15) is 0 Å². The fourth-order valence-corrected chi connectivity index (χ4v) is 12.8. The lowest BCUT2D eigenvalue weighted by Crippen LogP contribution is -2.25. The molecule has 0 aromatic rings. The van der Waals surface area contributed by atoms with Crippen LogP contribution in [-0.4, -0.2) is 64.8 Å². The summed E-state index contributed by atoms with van der Waals surface area (Å²) >= 11 is 0. The van der Waals surface area contributed by atoms with E-state index in [0.717, 1.165) is 78.2 Å². The van der Waals surface area contributed by atoms with E-state index in [1.807, 2.05) is 0 Å². The van der Waals surface area contributed by atoms with E-state index in [2.05, 4.69) is 65.8 Å². The molecule has 0 spiro atoms. The highest BCUT2D eigenvalue weighted by atomic mass is 16.8. The first kappa shape index (κ1) is 92.2. The zero-order valence-corrected chi connectivity index (χ0v) is 64.4. The Morgan fingerprint density at radius 3 is 0.570 bits per heavy atom. The first-order valence-corrected chi connectivity index (χ1v) is 42.8. The molecule has 0 aliphatic rings. The quantitative estimate of drug-likeness (QED) is 0.0341. The van der Waals surface area contributed by atoms with Gasteiger partial charge < -0.3 is 33.2 Å². The van der Waals surface area contributed by atoms with E-state index in [1.165, 1.54) is 385 Å². The van der Waals surface area contributed by atoms with E-state index in [-0.39, 0.29) is 25.2 Å². The Morgan fingerprint density at radius 2 is 0.355 bits per heavy atom. The van der Waals surface area contributed by atoms with Gasteiger partial charge in [-0.3, -0.25) is 0 Å². The van der Waals surface area contributed by atoms with Crippen molar-refractivity contribution in [1.29, 1.82) is 0 Å². The molecule has 2 unspecified atom stereocenters. The molecule has 0 amide bonds. The maximum atomic E-state index is 6.69. The summed E-state index contributed by atoms with van der Waals surface area (Å²) in [4.78, 5) is 0. The summed E-state index contributed by atoms with van der Waals surface area (Å²) in [5, 5.41) is 0. The van der Waals surface area contributed by atoms with Gasteiger partial charge in [0.2, 0.25) is 0 Å². The first-order valence-electron chi connectivity index (χ1n) is 42.8. The molecule has 0 heterocycles. The van der Waals surface area contributed by atoms with Crippen LogP contribution in [0.4, 0.5) is 0 Å². The van der Waals surface area contributed by atoms with Crippen LogP contribution in [0.1, 0.15) is 465 Å². The maximum Gasteiger partial charge on any atom is 0.180 e. The highest BCUT2D eigenvalue weighted by molar-refractivity contribution is 4.90. The van der Waals surface area contributed by atoms with Crippen molar-refractivity contribution in [3.05, 3.63) is 24.3 Å². The van der Waals surface area contributed by atoms with Gasteiger partial charge in [0.15, 0.2) is 25.2 Å². The molecule has 7 nitrogen and oxygen atoms in total. The summed E-state index contributed by atoms with van der Waals surface area (Å²) in [6.45, 7) is 18.7. The van der Waals surface area contributed by atoms with Crippen LogP contribution in [0.2, 0.25) is 0 Å². The van der Waals surface area contributed by atoms with E-state index in [0.29, 0.717) is 0 Å². The third kappa shape index (κ3) is 76.8. The molecule has 0 aliphatic carbocycles. The van der Waals surface area contributed by atoms with Gasteiger partial charge >= 0.3 is 0 Å². The van der Waals surface area contributed by atoms with Crippen molar-refractivity contribution in [2.45, 2.75) is 490 Å². The van der Waals surface area contributed by atoms with Gasteiger partial charge in [0.05, 0.1) is 13.2 Å². The molecular weight excluding hydrogens is 1140 g/mol. The lowest BCUT2D eigenvalue weighted by molar-refractivity contribution is -0.208. The average Bonchev–Trinajstić information content (AvgIpc) is 3.72. The van der Waals surface area contributed by atoms with E-state index in [4.69, 9.17) is 33.2 Å². The van der Waals surface area contributed by atoms with E-state index in [1.54, 1.807) is 0 Å². The number of rotatable bonds is 84. The number of hydrogen-bond donors (Lipinski definition) is 0. The smallest absolute Gasteiger partial charge is 0.180 e. The lowest BCUT2D eigenvalue weighted by Gasteiger charge is -2.22. The summed E-state index contributed by atoms with van der Waals surface area (Å²) in [5.74, 6) is 0. The molecule has 0 N–H and O–H groups in total. The number of allylic oxidation sites excluding steroid dienone is 2. The second-order valence-electron chi connectivity index (χ2n) is 28.8. The molecule has 0 aromatic heterocycles. The van der Waals surface area contributed by atoms with E-state index < -0.39 is 0 Å². The average molecular weight is 1320 g/mol. The summed E-state index contributed by atoms with van der Waals surface area (Å²) < 4.78 is 45.2. The number of ether oxygens (including phenoxy) is 7. The van der Waals surface area contributed by atoms with Crippen LogP contribution in [-0.2, 0) is 33.2 Å². The molecule has 0 aromatic carbocycles. The molecule has 7 heteroatoms. The summed E-state index contributed by atoms with van der Waals surface area (Å²) in [5.41, 5.74) is 0. The Morgan fingerprint density at radius 1 is 0.183 bits per heavy atom. The van der Waals surface area contributed by atoms with Crippen molar-refractivity contribution in [3.8, 4) is 0 Å².